The summed E-state index contributed by atoms with van der Waals surface area (Å²) in [5, 5.41) is 0. The first kappa shape index (κ1) is 13.4. The van der Waals surface area contributed by atoms with Crippen molar-refractivity contribution in [3.8, 4) is 0 Å². The molecule has 2 N–H and O–H groups in total. The first-order chi connectivity index (χ1) is 8.13. The van der Waals surface area contributed by atoms with Crippen LogP contribution < -0.4 is 5.73 Å². The lowest BCUT2D eigenvalue weighted by atomic mass is 10.1. The first-order valence-corrected chi connectivity index (χ1v) is 5.59. The second kappa shape index (κ2) is 6.81. The van der Waals surface area contributed by atoms with Gasteiger partial charge in [-0.25, -0.2) is 0 Å². The van der Waals surface area contributed by atoms with Gasteiger partial charge in [0.1, 0.15) is 0 Å². The lowest BCUT2D eigenvalue weighted by molar-refractivity contribution is -0.152. The Morgan fingerprint density at radius 3 is 2.53 bits per heavy atom. The third kappa shape index (κ3) is 4.78. The van der Waals surface area contributed by atoms with Gasteiger partial charge in [-0.2, -0.15) is 0 Å². The molecule has 4 nitrogen and oxygen atoms in total. The van der Waals surface area contributed by atoms with Crippen molar-refractivity contribution >= 4 is 11.8 Å². The van der Waals surface area contributed by atoms with Gasteiger partial charge in [0, 0.05) is 6.42 Å². The van der Waals surface area contributed by atoms with Crippen molar-refractivity contribution in [2.75, 3.05) is 6.54 Å². The minimum Gasteiger partial charge on any atom is -0.454 e. The van der Waals surface area contributed by atoms with Crippen molar-refractivity contribution < 1.29 is 14.3 Å². The fourth-order valence-electron chi connectivity index (χ4n) is 1.43. The highest BCUT2D eigenvalue weighted by atomic mass is 16.5. The lowest BCUT2D eigenvalue weighted by Crippen LogP contribution is -2.28. The Balaban J connectivity index is 2.37. The van der Waals surface area contributed by atoms with Gasteiger partial charge in [-0.1, -0.05) is 30.3 Å². The van der Waals surface area contributed by atoms with Gasteiger partial charge in [0.25, 0.3) is 0 Å². The molecule has 0 saturated carbocycles. The SMILES string of the molecule is CC(OC(=O)CN)C(=O)CCc1ccccc1. The predicted molar refractivity (Wildman–Crippen MR) is 64.4 cm³/mol. The number of ether oxygens (including phenoxy) is 1. The summed E-state index contributed by atoms with van der Waals surface area (Å²) in [6, 6.07) is 9.71. The van der Waals surface area contributed by atoms with Crippen molar-refractivity contribution in [1.82, 2.24) is 0 Å². The van der Waals surface area contributed by atoms with Crippen molar-refractivity contribution in [2.45, 2.75) is 25.9 Å². The number of benzene rings is 1. The maximum Gasteiger partial charge on any atom is 0.320 e. The normalized spacial score (nSPS) is 11.9. The molecule has 0 aliphatic carbocycles. The molecule has 4 heteroatoms. The molecule has 0 aliphatic rings. The minimum atomic E-state index is -0.713. The van der Waals surface area contributed by atoms with Crippen molar-refractivity contribution in [1.29, 1.82) is 0 Å². The van der Waals surface area contributed by atoms with Gasteiger partial charge < -0.3 is 10.5 Å². The van der Waals surface area contributed by atoms with E-state index < -0.39 is 12.1 Å². The van der Waals surface area contributed by atoms with Gasteiger partial charge in [0.05, 0.1) is 6.54 Å². The number of carbonyl (C=O) groups excluding carboxylic acids is 2. The second-order valence-electron chi connectivity index (χ2n) is 3.79. The van der Waals surface area contributed by atoms with Crippen LogP contribution in [0.4, 0.5) is 0 Å². The molecule has 1 unspecified atom stereocenters. The van der Waals surface area contributed by atoms with Crippen LogP contribution in [-0.4, -0.2) is 24.4 Å². The topological polar surface area (TPSA) is 69.4 Å². The van der Waals surface area contributed by atoms with E-state index in [1.54, 1.807) is 6.92 Å². The van der Waals surface area contributed by atoms with Crippen LogP contribution in [0.25, 0.3) is 0 Å². The fourth-order valence-corrected chi connectivity index (χ4v) is 1.43. The smallest absolute Gasteiger partial charge is 0.320 e. The molecule has 0 radical (unpaired) electrons. The zero-order valence-corrected chi connectivity index (χ0v) is 9.89. The molecular weight excluding hydrogens is 218 g/mol. The molecule has 92 valence electrons. The van der Waals surface area contributed by atoms with E-state index in [0.717, 1.165) is 5.56 Å². The number of hydrogen-bond donors (Lipinski definition) is 1. The summed E-state index contributed by atoms with van der Waals surface area (Å²) in [6.07, 6.45) is 0.308. The van der Waals surface area contributed by atoms with Gasteiger partial charge >= 0.3 is 5.97 Å². The van der Waals surface area contributed by atoms with Crippen LogP contribution in [0, 0.1) is 0 Å². The molecule has 0 amide bonds. The second-order valence-corrected chi connectivity index (χ2v) is 3.79. The average molecular weight is 235 g/mol. The number of Topliss-reactive ketones (excluding diaryl/α,β-unsaturated/α-hetero) is 1. The summed E-state index contributed by atoms with van der Waals surface area (Å²) in [5.41, 5.74) is 6.20. The summed E-state index contributed by atoms with van der Waals surface area (Å²) in [5.74, 6) is -0.638. The Bertz CT molecular complexity index is 376. The highest BCUT2D eigenvalue weighted by Gasteiger charge is 2.16. The zero-order chi connectivity index (χ0) is 12.7. The Kier molecular flexibility index (Phi) is 5.36. The van der Waals surface area contributed by atoms with E-state index in [-0.39, 0.29) is 12.3 Å². The maximum absolute atomic E-state index is 11.6. The minimum absolute atomic E-state index is 0.0874. The number of carbonyl (C=O) groups is 2. The molecule has 1 atom stereocenters. The number of nitrogens with two attached hydrogens (primary N) is 1. The van der Waals surface area contributed by atoms with E-state index in [1.807, 2.05) is 30.3 Å². The number of rotatable bonds is 6. The van der Waals surface area contributed by atoms with Crippen LogP contribution in [0.3, 0.4) is 0 Å². The summed E-state index contributed by atoms with van der Waals surface area (Å²) >= 11 is 0. The monoisotopic (exact) mass is 235 g/mol. The molecule has 0 aliphatic heterocycles. The van der Waals surface area contributed by atoms with Gasteiger partial charge in [-0.15, -0.1) is 0 Å². The van der Waals surface area contributed by atoms with E-state index >= 15 is 0 Å². The molecule has 1 aromatic carbocycles. The lowest BCUT2D eigenvalue weighted by Gasteiger charge is -2.11. The molecule has 0 heterocycles. The molecule has 0 fully saturated rings. The standard InChI is InChI=1S/C13H17NO3/c1-10(17-13(16)9-14)12(15)8-7-11-5-3-2-4-6-11/h2-6,10H,7-9,14H2,1H3. The van der Waals surface area contributed by atoms with Crippen LogP contribution in [0.2, 0.25) is 0 Å². The number of aryl methyl sites for hydroxylation is 1. The molecular formula is C13H17NO3. The molecule has 1 aromatic rings. The third-order valence-electron chi connectivity index (χ3n) is 2.43. The average Bonchev–Trinajstić information content (AvgIpc) is 2.36. The van der Waals surface area contributed by atoms with Crippen LogP contribution in [0.5, 0.6) is 0 Å². The Hall–Kier alpha value is -1.68. The summed E-state index contributed by atoms with van der Waals surface area (Å²) in [7, 11) is 0. The van der Waals surface area contributed by atoms with Crippen LogP contribution in [-0.2, 0) is 20.7 Å². The maximum atomic E-state index is 11.6. The van der Waals surface area contributed by atoms with Crippen LogP contribution >= 0.6 is 0 Å². The van der Waals surface area contributed by atoms with Crippen LogP contribution in [0.1, 0.15) is 18.9 Å². The highest BCUT2D eigenvalue weighted by Crippen LogP contribution is 2.05. The Labute approximate surface area is 101 Å². The van der Waals surface area contributed by atoms with E-state index in [1.165, 1.54) is 0 Å². The highest BCUT2D eigenvalue weighted by molar-refractivity contribution is 5.85. The summed E-state index contributed by atoms with van der Waals surface area (Å²) < 4.78 is 4.84. The first-order valence-electron chi connectivity index (χ1n) is 5.59. The van der Waals surface area contributed by atoms with E-state index in [0.29, 0.717) is 12.8 Å². The molecule has 0 spiro atoms. The largest absolute Gasteiger partial charge is 0.454 e. The quantitative estimate of drug-likeness (QED) is 0.749. The molecule has 1 rings (SSSR count). The van der Waals surface area contributed by atoms with E-state index in [2.05, 4.69) is 0 Å². The van der Waals surface area contributed by atoms with Gasteiger partial charge in [-0.3, -0.25) is 9.59 Å². The van der Waals surface area contributed by atoms with Crippen molar-refractivity contribution in [2.24, 2.45) is 5.73 Å². The van der Waals surface area contributed by atoms with Gasteiger partial charge in [0.2, 0.25) is 0 Å². The van der Waals surface area contributed by atoms with E-state index in [4.69, 9.17) is 10.5 Å². The number of hydrogen-bond acceptors (Lipinski definition) is 4. The molecule has 0 saturated heterocycles. The van der Waals surface area contributed by atoms with Gasteiger partial charge in [0.15, 0.2) is 11.9 Å². The van der Waals surface area contributed by atoms with Crippen molar-refractivity contribution in [3.63, 3.8) is 0 Å². The zero-order valence-electron chi connectivity index (χ0n) is 9.89. The number of ketones is 1. The Morgan fingerprint density at radius 1 is 1.29 bits per heavy atom. The third-order valence-corrected chi connectivity index (χ3v) is 2.43. The molecule has 0 aromatic heterocycles. The Morgan fingerprint density at radius 2 is 1.94 bits per heavy atom. The summed E-state index contributed by atoms with van der Waals surface area (Å²) in [4.78, 5) is 22.6. The molecule has 17 heavy (non-hydrogen) atoms. The van der Waals surface area contributed by atoms with Gasteiger partial charge in [-0.05, 0) is 18.9 Å². The number of esters is 1. The van der Waals surface area contributed by atoms with Crippen LogP contribution in [0.15, 0.2) is 30.3 Å². The van der Waals surface area contributed by atoms with Crippen molar-refractivity contribution in [3.05, 3.63) is 35.9 Å². The fraction of sp³-hybridized carbons (Fsp3) is 0.385. The predicted octanol–water partition coefficient (Wildman–Crippen LogP) is 1.08. The summed E-state index contributed by atoms with van der Waals surface area (Å²) in [6.45, 7) is 1.37. The molecule has 0 bridgehead atoms. The van der Waals surface area contributed by atoms with E-state index in [9.17, 15) is 9.59 Å².